The normalized spacial score (nSPS) is 19.1. The Morgan fingerprint density at radius 3 is 2.86 bits per heavy atom. The summed E-state index contributed by atoms with van der Waals surface area (Å²) in [7, 11) is 0. The number of thiocarbonyl (C=S) groups is 1. The van der Waals surface area contributed by atoms with E-state index in [0.29, 0.717) is 22.2 Å². The summed E-state index contributed by atoms with van der Waals surface area (Å²) in [6, 6.07) is 8.39. The first-order chi connectivity index (χ1) is 10.7. The predicted octanol–water partition coefficient (Wildman–Crippen LogP) is 2.33. The molecule has 22 heavy (non-hydrogen) atoms. The monoisotopic (exact) mass is 313 g/mol. The van der Waals surface area contributed by atoms with Crippen molar-refractivity contribution >= 4 is 23.1 Å². The zero-order chi connectivity index (χ0) is 15.5. The Balaban J connectivity index is 1.60. The summed E-state index contributed by atoms with van der Waals surface area (Å²) in [5, 5.41) is 15.3. The molecule has 2 aromatic heterocycles. The fourth-order valence-electron chi connectivity index (χ4n) is 2.23. The van der Waals surface area contributed by atoms with Crippen molar-refractivity contribution in [1.82, 2.24) is 15.3 Å². The fourth-order valence-corrected chi connectivity index (χ4v) is 2.48. The molecule has 0 spiro atoms. The standard InChI is InChI=1S/C15H12FN5S/c16-11-4-2-5-18-13(11)10-7-12(10)20-15(22)21-14-9(8-17)3-1-6-19-14/h1-6,10,12H,7H2,(H2,19,20,21,22). The summed E-state index contributed by atoms with van der Waals surface area (Å²) >= 11 is 5.21. The van der Waals surface area contributed by atoms with Crippen LogP contribution >= 0.6 is 12.2 Å². The van der Waals surface area contributed by atoms with E-state index in [1.54, 1.807) is 30.6 Å². The zero-order valence-corrected chi connectivity index (χ0v) is 12.3. The van der Waals surface area contributed by atoms with E-state index in [2.05, 4.69) is 20.6 Å². The van der Waals surface area contributed by atoms with Gasteiger partial charge in [0.1, 0.15) is 17.7 Å². The highest BCUT2D eigenvalue weighted by atomic mass is 32.1. The highest BCUT2D eigenvalue weighted by Crippen LogP contribution is 2.40. The number of nitrogens with zero attached hydrogens (tertiary/aromatic N) is 3. The minimum Gasteiger partial charge on any atom is -0.359 e. The Morgan fingerprint density at radius 1 is 1.32 bits per heavy atom. The van der Waals surface area contributed by atoms with Crippen molar-refractivity contribution in [3.05, 3.63) is 53.7 Å². The molecule has 1 saturated carbocycles. The number of nitriles is 1. The third-order valence-electron chi connectivity index (χ3n) is 3.41. The van der Waals surface area contributed by atoms with Crippen LogP contribution in [0.15, 0.2) is 36.7 Å². The van der Waals surface area contributed by atoms with Crippen LogP contribution in [0.5, 0.6) is 0 Å². The first-order valence-electron chi connectivity index (χ1n) is 6.72. The summed E-state index contributed by atoms with van der Waals surface area (Å²) in [5.41, 5.74) is 0.869. The number of hydrogen-bond acceptors (Lipinski definition) is 4. The molecule has 0 aliphatic heterocycles. The molecule has 0 saturated heterocycles. The number of rotatable bonds is 3. The lowest BCUT2D eigenvalue weighted by molar-refractivity contribution is 0.597. The number of anilines is 1. The molecule has 2 atom stereocenters. The van der Waals surface area contributed by atoms with Crippen LogP contribution in [-0.4, -0.2) is 21.1 Å². The number of halogens is 1. The van der Waals surface area contributed by atoms with E-state index < -0.39 is 0 Å². The van der Waals surface area contributed by atoms with E-state index in [1.807, 2.05) is 6.07 Å². The van der Waals surface area contributed by atoms with Crippen LogP contribution in [0.1, 0.15) is 23.6 Å². The predicted molar refractivity (Wildman–Crippen MR) is 83.6 cm³/mol. The van der Waals surface area contributed by atoms with Gasteiger partial charge in [-0.15, -0.1) is 0 Å². The second-order valence-electron chi connectivity index (χ2n) is 4.93. The quantitative estimate of drug-likeness (QED) is 0.847. The number of hydrogen-bond donors (Lipinski definition) is 2. The first kappa shape index (κ1) is 14.4. The lowest BCUT2D eigenvalue weighted by Gasteiger charge is -2.10. The van der Waals surface area contributed by atoms with Crippen LogP contribution in [-0.2, 0) is 0 Å². The number of pyridine rings is 2. The van der Waals surface area contributed by atoms with Gasteiger partial charge in [-0.25, -0.2) is 9.37 Å². The second-order valence-corrected chi connectivity index (χ2v) is 5.34. The van der Waals surface area contributed by atoms with Crippen molar-refractivity contribution < 1.29 is 4.39 Å². The molecule has 0 aromatic carbocycles. The molecule has 5 nitrogen and oxygen atoms in total. The van der Waals surface area contributed by atoms with E-state index in [4.69, 9.17) is 17.5 Å². The van der Waals surface area contributed by atoms with Gasteiger partial charge in [0.15, 0.2) is 5.11 Å². The van der Waals surface area contributed by atoms with Gasteiger partial charge in [-0.2, -0.15) is 5.26 Å². The third kappa shape index (κ3) is 3.02. The summed E-state index contributed by atoms with van der Waals surface area (Å²) < 4.78 is 13.7. The van der Waals surface area contributed by atoms with E-state index in [1.165, 1.54) is 6.07 Å². The van der Waals surface area contributed by atoms with Gasteiger partial charge < -0.3 is 10.6 Å². The summed E-state index contributed by atoms with van der Waals surface area (Å²) in [6.45, 7) is 0. The van der Waals surface area contributed by atoms with Crippen molar-refractivity contribution in [3.63, 3.8) is 0 Å². The Hall–Kier alpha value is -2.59. The molecule has 7 heteroatoms. The molecule has 1 fully saturated rings. The summed E-state index contributed by atoms with van der Waals surface area (Å²) in [4.78, 5) is 8.15. The van der Waals surface area contributed by atoms with Crippen LogP contribution in [0.4, 0.5) is 10.2 Å². The van der Waals surface area contributed by atoms with Gasteiger partial charge in [-0.1, -0.05) is 0 Å². The fraction of sp³-hybridized carbons (Fsp3) is 0.200. The average Bonchev–Trinajstić information content (AvgIpc) is 3.27. The van der Waals surface area contributed by atoms with Crippen LogP contribution in [0.3, 0.4) is 0 Å². The van der Waals surface area contributed by atoms with Crippen molar-refractivity contribution in [2.24, 2.45) is 0 Å². The van der Waals surface area contributed by atoms with Crippen LogP contribution in [0.25, 0.3) is 0 Å². The van der Waals surface area contributed by atoms with Gasteiger partial charge in [0.25, 0.3) is 0 Å². The Bertz CT molecular complexity index is 758. The topological polar surface area (TPSA) is 73.6 Å². The smallest absolute Gasteiger partial charge is 0.172 e. The molecule has 2 N–H and O–H groups in total. The molecule has 2 aromatic rings. The van der Waals surface area contributed by atoms with Gasteiger partial charge in [-0.05, 0) is 42.9 Å². The molecule has 1 aliphatic rings. The molecule has 1 aliphatic carbocycles. The number of aromatic nitrogens is 2. The van der Waals surface area contributed by atoms with Crippen LogP contribution < -0.4 is 10.6 Å². The minimum absolute atomic E-state index is 0.0140. The van der Waals surface area contributed by atoms with Crippen molar-refractivity contribution in [2.75, 3.05) is 5.32 Å². The molecule has 110 valence electrons. The van der Waals surface area contributed by atoms with Gasteiger partial charge in [0.2, 0.25) is 0 Å². The van der Waals surface area contributed by atoms with Gasteiger partial charge in [-0.3, -0.25) is 4.98 Å². The van der Waals surface area contributed by atoms with Crippen LogP contribution in [0.2, 0.25) is 0 Å². The maximum atomic E-state index is 13.7. The first-order valence-corrected chi connectivity index (χ1v) is 7.13. The largest absolute Gasteiger partial charge is 0.359 e. The molecule has 0 bridgehead atoms. The molecule has 2 unspecified atom stereocenters. The SMILES string of the molecule is N#Cc1cccnc1NC(=S)NC1CC1c1ncccc1F. The second kappa shape index (κ2) is 6.03. The minimum atomic E-state index is -0.299. The maximum absolute atomic E-state index is 13.7. The highest BCUT2D eigenvalue weighted by molar-refractivity contribution is 7.80. The van der Waals surface area contributed by atoms with Gasteiger partial charge in [0, 0.05) is 24.4 Å². The number of nitrogens with one attached hydrogen (secondary N) is 2. The maximum Gasteiger partial charge on any atom is 0.172 e. The third-order valence-corrected chi connectivity index (χ3v) is 3.63. The Labute approximate surface area is 132 Å². The zero-order valence-electron chi connectivity index (χ0n) is 11.5. The summed E-state index contributed by atoms with van der Waals surface area (Å²) in [6.07, 6.45) is 3.93. The van der Waals surface area contributed by atoms with E-state index in [0.717, 1.165) is 6.42 Å². The molecule has 2 heterocycles. The Morgan fingerprint density at radius 2 is 2.09 bits per heavy atom. The molecular weight excluding hydrogens is 301 g/mol. The summed E-state index contributed by atoms with van der Waals surface area (Å²) in [5.74, 6) is 0.121. The lowest BCUT2D eigenvalue weighted by atomic mass is 10.2. The van der Waals surface area contributed by atoms with Crippen LogP contribution in [0, 0.1) is 17.1 Å². The van der Waals surface area contributed by atoms with Gasteiger partial charge >= 0.3 is 0 Å². The lowest BCUT2D eigenvalue weighted by Crippen LogP contribution is -2.31. The van der Waals surface area contributed by atoms with E-state index >= 15 is 0 Å². The van der Waals surface area contributed by atoms with Gasteiger partial charge in [0.05, 0.1) is 11.3 Å². The van der Waals surface area contributed by atoms with E-state index in [9.17, 15) is 4.39 Å². The van der Waals surface area contributed by atoms with E-state index in [-0.39, 0.29) is 17.8 Å². The van der Waals surface area contributed by atoms with Crippen molar-refractivity contribution in [1.29, 1.82) is 5.26 Å². The molecule has 0 radical (unpaired) electrons. The average molecular weight is 313 g/mol. The highest BCUT2D eigenvalue weighted by Gasteiger charge is 2.41. The Kier molecular flexibility index (Phi) is 3.94. The molecular formula is C15H12FN5S. The van der Waals surface area contributed by atoms with Crippen molar-refractivity contribution in [2.45, 2.75) is 18.4 Å². The molecule has 0 amide bonds. The molecule has 3 rings (SSSR count). The van der Waals surface area contributed by atoms with Crippen molar-refractivity contribution in [3.8, 4) is 6.07 Å².